The molecule has 0 spiro atoms. The standard InChI is InChI=1S/C33H33N3O6/c1-38-26-14-12-25(13-15-26)33(23-8-4-2-5-9-23,24-10-6-3-7-11-24)40-22-27-29(35-18-20-39-21-19-35)30-31(41-27)36-17-16-28(37)34-32(36)42-30/h2-17,27,29-31H,18-22H2,1H3/t27-,29-,30+,31-/m1/s1. The van der Waals surface area contributed by atoms with Crippen LogP contribution in [0.5, 0.6) is 11.8 Å². The van der Waals surface area contributed by atoms with Crippen LogP contribution in [-0.2, 0) is 19.8 Å². The van der Waals surface area contributed by atoms with Gasteiger partial charge in [0.1, 0.15) is 17.5 Å². The van der Waals surface area contributed by atoms with Gasteiger partial charge in [0.2, 0.25) is 0 Å². The smallest absolute Gasteiger partial charge is 0.302 e. The zero-order valence-corrected chi connectivity index (χ0v) is 23.4. The predicted octanol–water partition coefficient (Wildman–Crippen LogP) is 3.62. The molecule has 0 saturated carbocycles. The highest BCUT2D eigenvalue weighted by molar-refractivity contribution is 5.48. The van der Waals surface area contributed by atoms with Gasteiger partial charge < -0.3 is 23.7 Å². The molecule has 0 bridgehead atoms. The summed E-state index contributed by atoms with van der Waals surface area (Å²) in [5, 5.41) is 0. The Bertz CT molecular complexity index is 1520. The minimum absolute atomic E-state index is 0.129. The van der Waals surface area contributed by atoms with Gasteiger partial charge in [0, 0.05) is 25.4 Å². The molecule has 0 unspecified atom stereocenters. The first-order chi connectivity index (χ1) is 20.7. The van der Waals surface area contributed by atoms with Gasteiger partial charge in [-0.05, 0) is 28.8 Å². The Hall–Kier alpha value is -4.02. The zero-order valence-electron chi connectivity index (χ0n) is 23.4. The molecule has 9 nitrogen and oxygen atoms in total. The molecule has 4 heterocycles. The van der Waals surface area contributed by atoms with E-state index >= 15 is 0 Å². The first-order valence-electron chi connectivity index (χ1n) is 14.3. The van der Waals surface area contributed by atoms with Gasteiger partial charge in [-0.1, -0.05) is 72.8 Å². The van der Waals surface area contributed by atoms with E-state index < -0.39 is 11.8 Å². The van der Waals surface area contributed by atoms with E-state index in [1.807, 2.05) is 53.1 Å². The minimum atomic E-state index is -0.920. The first kappa shape index (κ1) is 26.9. The molecule has 7 rings (SSSR count). The molecule has 4 aromatic rings. The van der Waals surface area contributed by atoms with Crippen LogP contribution >= 0.6 is 0 Å². The number of hydrogen-bond acceptors (Lipinski definition) is 8. The van der Waals surface area contributed by atoms with Crippen LogP contribution < -0.4 is 15.0 Å². The van der Waals surface area contributed by atoms with Crippen LogP contribution in [0.1, 0.15) is 22.9 Å². The van der Waals surface area contributed by atoms with Gasteiger partial charge in [0.15, 0.2) is 12.3 Å². The number of rotatable bonds is 8. The summed E-state index contributed by atoms with van der Waals surface area (Å²) in [6.07, 6.45) is 0.619. The minimum Gasteiger partial charge on any atom is -0.497 e. The third kappa shape index (κ3) is 4.68. The fourth-order valence-corrected chi connectivity index (χ4v) is 6.45. The maximum Gasteiger partial charge on any atom is 0.302 e. The lowest BCUT2D eigenvalue weighted by atomic mass is 9.80. The molecule has 9 heteroatoms. The van der Waals surface area contributed by atoms with Crippen molar-refractivity contribution in [2.45, 2.75) is 30.1 Å². The van der Waals surface area contributed by atoms with Gasteiger partial charge in [-0.15, -0.1) is 0 Å². The van der Waals surface area contributed by atoms with Crippen LogP contribution in [0.15, 0.2) is 102 Å². The molecule has 0 amide bonds. The molecule has 0 N–H and O–H groups in total. The van der Waals surface area contributed by atoms with E-state index in [1.165, 1.54) is 6.07 Å². The molecule has 1 aromatic heterocycles. The van der Waals surface area contributed by atoms with Crippen molar-refractivity contribution in [3.05, 3.63) is 124 Å². The van der Waals surface area contributed by atoms with Crippen molar-refractivity contribution in [2.75, 3.05) is 40.0 Å². The molecule has 3 aromatic carbocycles. The summed E-state index contributed by atoms with van der Waals surface area (Å²) in [7, 11) is 1.67. The van der Waals surface area contributed by atoms with Crippen molar-refractivity contribution in [3.63, 3.8) is 0 Å². The van der Waals surface area contributed by atoms with Gasteiger partial charge in [0.05, 0.1) is 33.0 Å². The number of aromatic nitrogens is 2. The summed E-state index contributed by atoms with van der Waals surface area (Å²) < 4.78 is 33.2. The summed E-state index contributed by atoms with van der Waals surface area (Å²) in [5.41, 5.74) is 1.73. The van der Waals surface area contributed by atoms with E-state index in [9.17, 15) is 4.79 Å². The number of morpholine rings is 1. The molecule has 216 valence electrons. The molecule has 2 fully saturated rings. The second-order valence-electron chi connectivity index (χ2n) is 10.7. The summed E-state index contributed by atoms with van der Waals surface area (Å²) in [5.74, 6) is 0.774. The van der Waals surface area contributed by atoms with Crippen molar-refractivity contribution >= 4 is 0 Å². The predicted molar refractivity (Wildman–Crippen MR) is 155 cm³/mol. The SMILES string of the molecule is COc1ccc(C(OC[C@H]2O[C@@H]3[C@@H](Oc4nc(=O)ccn43)[C@@H]2N2CCOCC2)(c2ccccc2)c2ccccc2)cc1. The maximum atomic E-state index is 12.0. The number of nitrogens with zero attached hydrogens (tertiary/aromatic N) is 3. The molecule has 4 atom stereocenters. The van der Waals surface area contributed by atoms with E-state index in [4.69, 9.17) is 23.7 Å². The van der Waals surface area contributed by atoms with Crippen LogP contribution in [0.25, 0.3) is 0 Å². The van der Waals surface area contributed by atoms with Crippen LogP contribution in [0.4, 0.5) is 0 Å². The number of hydrogen-bond donors (Lipinski definition) is 0. The van der Waals surface area contributed by atoms with E-state index in [0.717, 1.165) is 35.5 Å². The van der Waals surface area contributed by atoms with Crippen molar-refractivity contribution in [2.24, 2.45) is 0 Å². The Kier molecular flexibility index (Phi) is 7.25. The van der Waals surface area contributed by atoms with Crippen molar-refractivity contribution in [3.8, 4) is 11.8 Å². The summed E-state index contributed by atoms with van der Waals surface area (Å²) in [4.78, 5) is 18.4. The Labute approximate surface area is 244 Å². The Morgan fingerprint density at radius 1 is 0.881 bits per heavy atom. The Balaban J connectivity index is 1.29. The molecule has 42 heavy (non-hydrogen) atoms. The summed E-state index contributed by atoms with van der Waals surface area (Å²) >= 11 is 0. The van der Waals surface area contributed by atoms with E-state index in [-0.39, 0.29) is 36.4 Å². The molecular weight excluding hydrogens is 534 g/mol. The lowest BCUT2D eigenvalue weighted by Gasteiger charge is -2.39. The Morgan fingerprint density at radius 3 is 2.17 bits per heavy atom. The lowest BCUT2D eigenvalue weighted by molar-refractivity contribution is -0.0933. The topological polar surface area (TPSA) is 84.3 Å². The van der Waals surface area contributed by atoms with Crippen molar-refractivity contribution in [1.29, 1.82) is 0 Å². The second-order valence-corrected chi connectivity index (χ2v) is 10.7. The summed E-state index contributed by atoms with van der Waals surface area (Å²) in [6, 6.07) is 30.2. The molecule has 2 saturated heterocycles. The third-order valence-electron chi connectivity index (χ3n) is 8.42. The largest absolute Gasteiger partial charge is 0.497 e. The van der Waals surface area contributed by atoms with Crippen molar-refractivity contribution in [1.82, 2.24) is 14.5 Å². The van der Waals surface area contributed by atoms with Gasteiger partial charge >= 0.3 is 6.01 Å². The van der Waals surface area contributed by atoms with E-state index in [0.29, 0.717) is 13.2 Å². The van der Waals surface area contributed by atoms with Gasteiger partial charge in [-0.2, -0.15) is 4.98 Å². The van der Waals surface area contributed by atoms with Crippen molar-refractivity contribution < 1.29 is 23.7 Å². The zero-order chi connectivity index (χ0) is 28.5. The Morgan fingerprint density at radius 2 is 1.52 bits per heavy atom. The first-order valence-corrected chi connectivity index (χ1v) is 14.3. The highest BCUT2D eigenvalue weighted by Crippen LogP contribution is 2.45. The second kappa shape index (κ2) is 11.3. The van der Waals surface area contributed by atoms with E-state index in [2.05, 4.69) is 46.3 Å². The quantitative estimate of drug-likeness (QED) is 0.299. The monoisotopic (exact) mass is 567 g/mol. The molecule has 3 aliphatic rings. The molecule has 3 aliphatic heterocycles. The van der Waals surface area contributed by atoms with Crippen LogP contribution in [0.3, 0.4) is 0 Å². The summed E-state index contributed by atoms with van der Waals surface area (Å²) in [6.45, 7) is 3.05. The fourth-order valence-electron chi connectivity index (χ4n) is 6.45. The third-order valence-corrected chi connectivity index (χ3v) is 8.42. The number of fused-ring (bicyclic) bond motifs is 3. The molecular formula is C33H33N3O6. The van der Waals surface area contributed by atoms with Crippen LogP contribution in [0.2, 0.25) is 0 Å². The van der Waals surface area contributed by atoms with Gasteiger partial charge in [-0.25, -0.2) is 0 Å². The van der Waals surface area contributed by atoms with Crippen LogP contribution in [-0.4, -0.2) is 72.7 Å². The van der Waals surface area contributed by atoms with Gasteiger partial charge in [0.25, 0.3) is 5.56 Å². The highest BCUT2D eigenvalue weighted by Gasteiger charge is 2.55. The number of ether oxygens (including phenoxy) is 5. The average molecular weight is 568 g/mol. The average Bonchev–Trinajstić information content (AvgIpc) is 3.58. The normalized spacial score (nSPS) is 23.6. The lowest BCUT2D eigenvalue weighted by Crippen LogP contribution is -2.54. The number of methoxy groups -OCH3 is 1. The number of benzene rings is 3. The van der Waals surface area contributed by atoms with E-state index in [1.54, 1.807) is 13.3 Å². The van der Waals surface area contributed by atoms with Crippen LogP contribution in [0, 0.1) is 0 Å². The molecule has 0 radical (unpaired) electrons. The molecule has 0 aliphatic carbocycles. The fraction of sp³-hybridized carbons (Fsp3) is 0.333. The highest BCUT2D eigenvalue weighted by atomic mass is 16.6. The van der Waals surface area contributed by atoms with Gasteiger partial charge in [-0.3, -0.25) is 14.3 Å². The maximum absolute atomic E-state index is 12.0.